The molecule has 0 saturated heterocycles. The van der Waals surface area contributed by atoms with Gasteiger partial charge in [0.25, 0.3) is 5.56 Å². The van der Waals surface area contributed by atoms with Crippen molar-refractivity contribution in [3.05, 3.63) is 34.2 Å². The monoisotopic (exact) mass is 290 g/mol. The van der Waals surface area contributed by atoms with E-state index in [1.807, 2.05) is 13.0 Å². The fourth-order valence-corrected chi connectivity index (χ4v) is 6.30. The van der Waals surface area contributed by atoms with Gasteiger partial charge in [-0.15, -0.1) is 0 Å². The number of nitrogens with zero attached hydrogens (tertiary/aromatic N) is 2. The predicted molar refractivity (Wildman–Crippen MR) is 83.9 cm³/mol. The molecule has 0 spiro atoms. The molecule has 0 atom stereocenters. The minimum Gasteiger partial charge on any atom is -0.428 e. The van der Waals surface area contributed by atoms with Crippen LogP contribution in [0.5, 0.6) is 0 Å². The normalized spacial score (nSPS) is 12.0. The second-order valence-corrected chi connectivity index (χ2v) is 10.6. The Bertz CT molecular complexity index is 639. The zero-order valence-electron chi connectivity index (χ0n) is 12.6. The van der Waals surface area contributed by atoms with Crippen LogP contribution in [0.1, 0.15) is 26.3 Å². The van der Waals surface area contributed by atoms with Gasteiger partial charge in [0.2, 0.25) is 0 Å². The van der Waals surface area contributed by atoms with Gasteiger partial charge < -0.3 is 5.21 Å². The van der Waals surface area contributed by atoms with Crippen LogP contribution < -0.4 is 10.9 Å². The van der Waals surface area contributed by atoms with Gasteiger partial charge in [-0.25, -0.2) is 4.98 Å². The van der Waals surface area contributed by atoms with Crippen LogP contribution in [0.2, 0.25) is 18.1 Å². The number of hydrogen-bond acceptors (Lipinski definition) is 3. The fourth-order valence-electron chi connectivity index (χ4n) is 2.94. The first-order valence-electron chi connectivity index (χ1n) is 7.21. The van der Waals surface area contributed by atoms with E-state index in [1.165, 1.54) is 0 Å². The van der Waals surface area contributed by atoms with Crippen molar-refractivity contribution in [3.8, 4) is 11.3 Å². The summed E-state index contributed by atoms with van der Waals surface area (Å²) in [5.41, 5.74) is 1.67. The first kappa shape index (κ1) is 14.8. The molecular formula is C15H22N2O2Si. The highest BCUT2D eigenvalue weighted by atomic mass is 28.3. The van der Waals surface area contributed by atoms with Crippen molar-refractivity contribution < 1.29 is 5.21 Å². The number of aryl methyl sites for hydroxylation is 1. The molecular weight excluding hydrogens is 268 g/mol. The molecule has 0 bridgehead atoms. The molecule has 0 aromatic carbocycles. The van der Waals surface area contributed by atoms with E-state index in [0.29, 0.717) is 11.3 Å². The van der Waals surface area contributed by atoms with Crippen LogP contribution in [0.15, 0.2) is 23.1 Å². The Balaban J connectivity index is 2.76. The Labute approximate surface area is 120 Å². The molecule has 2 aliphatic heterocycles. The van der Waals surface area contributed by atoms with Crippen LogP contribution >= 0.6 is 0 Å². The molecule has 0 radical (unpaired) electrons. The standard InChI is InChI=1S/C15H22N2O2Si/c1-5-20(6-2,7-3)14-9-13-12(15(18)16-14)8-11(4)10-17(13)19/h8-10,19H,5-7H2,1-4H3. The summed E-state index contributed by atoms with van der Waals surface area (Å²) in [5.74, 6) is 0. The minimum absolute atomic E-state index is 0.226. The number of fused-ring (bicyclic) bond motifs is 1. The van der Waals surface area contributed by atoms with E-state index in [1.54, 1.807) is 12.3 Å². The van der Waals surface area contributed by atoms with E-state index in [-0.39, 0.29) is 5.56 Å². The van der Waals surface area contributed by atoms with Crippen molar-refractivity contribution >= 4 is 13.4 Å². The van der Waals surface area contributed by atoms with Crippen molar-refractivity contribution in [2.45, 2.75) is 45.8 Å². The maximum absolute atomic E-state index is 12.3. The SMILES string of the molecule is CC[Si](CC)(CC)c1cc2n(O)cc(C)cc-2c(=O)n1. The van der Waals surface area contributed by atoms with Gasteiger partial charge in [-0.1, -0.05) is 38.9 Å². The summed E-state index contributed by atoms with van der Waals surface area (Å²) in [4.78, 5) is 16.6. The molecule has 0 aromatic rings. The molecule has 2 aliphatic rings. The molecule has 20 heavy (non-hydrogen) atoms. The van der Waals surface area contributed by atoms with Crippen LogP contribution in [0.25, 0.3) is 11.3 Å². The van der Waals surface area contributed by atoms with Gasteiger partial charge in [0.05, 0.1) is 11.3 Å². The van der Waals surface area contributed by atoms with Crippen LogP contribution in [-0.4, -0.2) is 23.0 Å². The van der Waals surface area contributed by atoms with Crippen molar-refractivity contribution in [3.63, 3.8) is 0 Å². The van der Waals surface area contributed by atoms with Gasteiger partial charge in [-0.05, 0) is 24.6 Å². The molecule has 0 aromatic heterocycles. The average Bonchev–Trinajstić information content (AvgIpc) is 2.43. The summed E-state index contributed by atoms with van der Waals surface area (Å²) in [6, 6.07) is 6.90. The molecule has 4 nitrogen and oxygen atoms in total. The van der Waals surface area contributed by atoms with Gasteiger partial charge in [0, 0.05) is 11.5 Å². The highest BCUT2D eigenvalue weighted by molar-refractivity contribution is 6.91. The number of rotatable bonds is 4. The van der Waals surface area contributed by atoms with E-state index in [9.17, 15) is 10.0 Å². The smallest absolute Gasteiger partial charge is 0.279 e. The third kappa shape index (κ3) is 2.26. The number of hydrogen-bond donors (Lipinski definition) is 1. The zero-order chi connectivity index (χ0) is 14.9. The summed E-state index contributed by atoms with van der Waals surface area (Å²) in [6.07, 6.45) is 1.62. The number of pyridine rings is 2. The van der Waals surface area contributed by atoms with Gasteiger partial charge in [0.1, 0.15) is 8.07 Å². The minimum atomic E-state index is -1.71. The Morgan fingerprint density at radius 3 is 2.35 bits per heavy atom. The maximum atomic E-state index is 12.3. The highest BCUT2D eigenvalue weighted by Gasteiger charge is 2.32. The maximum Gasteiger partial charge on any atom is 0.279 e. The Kier molecular flexibility index (Phi) is 3.99. The first-order valence-corrected chi connectivity index (χ1v) is 9.83. The van der Waals surface area contributed by atoms with Crippen molar-refractivity contribution in [2.24, 2.45) is 0 Å². The Hall–Kier alpha value is -1.62. The first-order chi connectivity index (χ1) is 9.47. The van der Waals surface area contributed by atoms with Gasteiger partial charge in [-0.2, -0.15) is 4.73 Å². The van der Waals surface area contributed by atoms with Gasteiger partial charge in [-0.3, -0.25) is 4.79 Å². The molecule has 0 saturated carbocycles. The molecule has 5 heteroatoms. The van der Waals surface area contributed by atoms with E-state index >= 15 is 0 Å². The highest BCUT2D eigenvalue weighted by Crippen LogP contribution is 2.22. The van der Waals surface area contributed by atoms with E-state index in [0.717, 1.165) is 33.7 Å². The summed E-state index contributed by atoms with van der Waals surface area (Å²) in [6.45, 7) is 8.38. The molecule has 0 amide bonds. The van der Waals surface area contributed by atoms with E-state index in [4.69, 9.17) is 0 Å². The van der Waals surface area contributed by atoms with Crippen LogP contribution in [0, 0.1) is 6.92 Å². The topological polar surface area (TPSA) is 55.1 Å². The van der Waals surface area contributed by atoms with Crippen molar-refractivity contribution in [1.29, 1.82) is 0 Å². The zero-order valence-corrected chi connectivity index (χ0v) is 13.6. The lowest BCUT2D eigenvalue weighted by Gasteiger charge is -2.27. The van der Waals surface area contributed by atoms with E-state index in [2.05, 4.69) is 25.8 Å². The fraction of sp³-hybridized carbons (Fsp3) is 0.467. The molecule has 2 heterocycles. The van der Waals surface area contributed by atoms with Gasteiger partial charge >= 0.3 is 0 Å². The molecule has 0 aliphatic carbocycles. The summed E-state index contributed by atoms with van der Waals surface area (Å²) < 4.78 is 1.05. The summed E-state index contributed by atoms with van der Waals surface area (Å²) in [7, 11) is -1.71. The third-order valence-corrected chi connectivity index (χ3v) is 9.92. The lowest BCUT2D eigenvalue weighted by atomic mass is 10.1. The Morgan fingerprint density at radius 1 is 1.20 bits per heavy atom. The van der Waals surface area contributed by atoms with Gasteiger partial charge in [0.15, 0.2) is 0 Å². The molecule has 1 N–H and O–H groups in total. The predicted octanol–water partition coefficient (Wildman–Crippen LogP) is 2.61. The second-order valence-electron chi connectivity index (χ2n) is 5.45. The van der Waals surface area contributed by atoms with Crippen LogP contribution in [0.4, 0.5) is 0 Å². The quantitative estimate of drug-likeness (QED) is 0.695. The Morgan fingerprint density at radius 2 is 1.80 bits per heavy atom. The van der Waals surface area contributed by atoms with Crippen LogP contribution in [0.3, 0.4) is 0 Å². The summed E-state index contributed by atoms with van der Waals surface area (Å²) >= 11 is 0. The molecule has 2 rings (SSSR count). The van der Waals surface area contributed by atoms with E-state index < -0.39 is 8.07 Å². The molecule has 0 fully saturated rings. The summed E-state index contributed by atoms with van der Waals surface area (Å²) in [5, 5.41) is 11.0. The lowest BCUT2D eigenvalue weighted by molar-refractivity contribution is 0.188. The van der Waals surface area contributed by atoms with Crippen molar-refractivity contribution in [1.82, 2.24) is 9.71 Å². The van der Waals surface area contributed by atoms with Crippen molar-refractivity contribution in [2.75, 3.05) is 0 Å². The lowest BCUT2D eigenvalue weighted by Crippen LogP contribution is -2.50. The molecule has 108 valence electrons. The largest absolute Gasteiger partial charge is 0.428 e. The number of aromatic nitrogens is 2. The second kappa shape index (κ2) is 5.40. The van der Waals surface area contributed by atoms with Crippen LogP contribution in [-0.2, 0) is 0 Å². The third-order valence-electron chi connectivity index (χ3n) is 4.52. The molecule has 0 unspecified atom stereocenters. The average molecular weight is 290 g/mol.